The molecule has 0 aliphatic heterocycles. The van der Waals surface area contributed by atoms with Crippen molar-refractivity contribution in [1.29, 1.82) is 5.26 Å². The van der Waals surface area contributed by atoms with Crippen LogP contribution < -0.4 is 22.3 Å². The summed E-state index contributed by atoms with van der Waals surface area (Å²) in [5.41, 5.74) is 10.5. The van der Waals surface area contributed by atoms with E-state index in [1.807, 2.05) is 6.07 Å². The molecule has 0 amide bonds. The molecule has 32 heavy (non-hydrogen) atoms. The fraction of sp³-hybridized carbons (Fsp3) is 0.105. The summed E-state index contributed by atoms with van der Waals surface area (Å²) in [6, 6.07) is 3.53. The smallest absolute Gasteiger partial charge is 0.268 e. The average molecular weight is 453 g/mol. The number of nitrogens with two attached hydrogens (primary N) is 2. The van der Waals surface area contributed by atoms with Crippen molar-refractivity contribution in [2.75, 3.05) is 16.8 Å². The molecule has 0 spiro atoms. The van der Waals surface area contributed by atoms with Gasteiger partial charge in [0.15, 0.2) is 5.82 Å². The summed E-state index contributed by atoms with van der Waals surface area (Å²) in [6.07, 6.45) is 3.72. The minimum atomic E-state index is -0.772. The van der Waals surface area contributed by atoms with E-state index in [2.05, 4.69) is 30.2 Å². The highest BCUT2D eigenvalue weighted by Gasteiger charge is 2.23. The Morgan fingerprint density at radius 1 is 1.22 bits per heavy atom. The van der Waals surface area contributed by atoms with Crippen molar-refractivity contribution in [1.82, 2.24) is 29.5 Å². The summed E-state index contributed by atoms with van der Waals surface area (Å²) >= 11 is 6.18. The zero-order valence-corrected chi connectivity index (χ0v) is 17.2. The number of aromatic nitrogens is 6. The first kappa shape index (κ1) is 20.9. The monoisotopic (exact) mass is 452 g/mol. The summed E-state index contributed by atoms with van der Waals surface area (Å²) in [7, 11) is 0. The Kier molecular flexibility index (Phi) is 5.25. The van der Waals surface area contributed by atoms with Crippen LogP contribution in [0.1, 0.15) is 24.4 Å². The van der Waals surface area contributed by atoms with Gasteiger partial charge in [0.25, 0.3) is 5.56 Å². The van der Waals surface area contributed by atoms with Gasteiger partial charge in [0.05, 0.1) is 28.8 Å². The average Bonchev–Trinajstić information content (AvgIpc) is 2.77. The van der Waals surface area contributed by atoms with E-state index in [9.17, 15) is 14.4 Å². The lowest BCUT2D eigenvalue weighted by atomic mass is 10.2. The maximum Gasteiger partial charge on any atom is 0.268 e. The minimum Gasteiger partial charge on any atom is -0.382 e. The Morgan fingerprint density at radius 2 is 2.00 bits per heavy atom. The van der Waals surface area contributed by atoms with Gasteiger partial charge in [-0.2, -0.15) is 5.26 Å². The normalized spacial score (nSPS) is 11.8. The van der Waals surface area contributed by atoms with E-state index in [0.717, 1.165) is 10.6 Å². The van der Waals surface area contributed by atoms with Crippen molar-refractivity contribution >= 4 is 40.0 Å². The fourth-order valence-corrected chi connectivity index (χ4v) is 3.31. The quantitative estimate of drug-likeness (QED) is 0.415. The van der Waals surface area contributed by atoms with Crippen LogP contribution in [-0.4, -0.2) is 29.5 Å². The first-order chi connectivity index (χ1) is 15.3. The van der Waals surface area contributed by atoms with Crippen LogP contribution in [-0.2, 0) is 0 Å². The fourth-order valence-electron chi connectivity index (χ4n) is 3.08. The van der Waals surface area contributed by atoms with Gasteiger partial charge in [0.2, 0.25) is 0 Å². The number of nitrogen functional groups attached to an aromatic ring is 2. The molecule has 3 heterocycles. The maximum atomic E-state index is 14.6. The molecule has 1 aromatic carbocycles. The topological polar surface area (TPSA) is 174 Å². The number of hydrogen-bond donors (Lipinski definition) is 3. The lowest BCUT2D eigenvalue weighted by molar-refractivity contribution is 0.631. The highest BCUT2D eigenvalue weighted by atomic mass is 35.5. The van der Waals surface area contributed by atoms with Gasteiger partial charge >= 0.3 is 0 Å². The molecule has 160 valence electrons. The van der Waals surface area contributed by atoms with Crippen LogP contribution in [0.2, 0.25) is 5.02 Å². The third-order valence-corrected chi connectivity index (χ3v) is 4.88. The van der Waals surface area contributed by atoms with Gasteiger partial charge in [-0.1, -0.05) is 11.6 Å². The summed E-state index contributed by atoms with van der Waals surface area (Å²) in [5.74, 6) is -0.349. The van der Waals surface area contributed by atoms with Gasteiger partial charge < -0.3 is 16.8 Å². The Bertz CT molecular complexity index is 1450. The Balaban J connectivity index is 1.97. The first-order valence-corrected chi connectivity index (χ1v) is 9.45. The standard InChI is InChI=1S/C19H14ClFN10O/c1-8(29-17-9(4-22)16(24)27-7-28-17)18-30-15-11(21)3-2-10(20)14(15)19(32)31(18)13-6-25-12(23)5-26-13/h2-3,5-8H,1H3,(H2,23,25)(H3,24,27,28,29). The largest absolute Gasteiger partial charge is 0.382 e. The molecule has 0 bridgehead atoms. The maximum absolute atomic E-state index is 14.6. The summed E-state index contributed by atoms with van der Waals surface area (Å²) in [5, 5.41) is 12.2. The van der Waals surface area contributed by atoms with Gasteiger partial charge in [-0.25, -0.2) is 33.9 Å². The lowest BCUT2D eigenvalue weighted by Crippen LogP contribution is -2.29. The van der Waals surface area contributed by atoms with Crippen LogP contribution in [0.5, 0.6) is 0 Å². The number of anilines is 3. The van der Waals surface area contributed by atoms with Gasteiger partial charge in [0, 0.05) is 0 Å². The molecule has 4 rings (SSSR count). The molecular weight excluding hydrogens is 439 g/mol. The number of halogens is 2. The second-order valence-electron chi connectivity index (χ2n) is 6.62. The lowest BCUT2D eigenvalue weighted by Gasteiger charge is -2.20. The molecule has 5 N–H and O–H groups in total. The van der Waals surface area contributed by atoms with E-state index in [0.29, 0.717) is 0 Å². The molecule has 0 saturated heterocycles. The van der Waals surface area contributed by atoms with Crippen molar-refractivity contribution in [3.8, 4) is 11.9 Å². The van der Waals surface area contributed by atoms with E-state index in [-0.39, 0.29) is 50.6 Å². The summed E-state index contributed by atoms with van der Waals surface area (Å²) < 4.78 is 15.7. The third kappa shape index (κ3) is 3.50. The van der Waals surface area contributed by atoms with Crippen molar-refractivity contribution in [3.05, 3.63) is 63.4 Å². The number of hydrogen-bond acceptors (Lipinski definition) is 10. The molecule has 0 radical (unpaired) electrons. The zero-order chi connectivity index (χ0) is 23.0. The molecule has 0 aliphatic carbocycles. The molecule has 0 aliphatic rings. The summed E-state index contributed by atoms with van der Waals surface area (Å²) in [4.78, 5) is 33.6. The highest BCUT2D eigenvalue weighted by molar-refractivity contribution is 6.35. The Morgan fingerprint density at radius 3 is 2.69 bits per heavy atom. The van der Waals surface area contributed by atoms with Crippen LogP contribution in [0.25, 0.3) is 16.7 Å². The van der Waals surface area contributed by atoms with Crippen molar-refractivity contribution < 1.29 is 4.39 Å². The zero-order valence-electron chi connectivity index (χ0n) is 16.4. The van der Waals surface area contributed by atoms with E-state index in [4.69, 9.17) is 23.1 Å². The van der Waals surface area contributed by atoms with Gasteiger partial charge in [-0.15, -0.1) is 0 Å². The SMILES string of the molecule is CC(Nc1ncnc(N)c1C#N)c1nc2c(F)ccc(Cl)c2c(=O)n1-c1cnc(N)cn1. The van der Waals surface area contributed by atoms with E-state index < -0.39 is 17.4 Å². The van der Waals surface area contributed by atoms with Gasteiger partial charge in [0.1, 0.15) is 52.6 Å². The van der Waals surface area contributed by atoms with Crippen LogP contribution in [0.4, 0.5) is 21.8 Å². The molecule has 1 unspecified atom stereocenters. The third-order valence-electron chi connectivity index (χ3n) is 4.57. The molecule has 0 saturated carbocycles. The van der Waals surface area contributed by atoms with E-state index in [1.54, 1.807) is 6.92 Å². The summed E-state index contributed by atoms with van der Waals surface area (Å²) in [6.45, 7) is 1.64. The first-order valence-electron chi connectivity index (χ1n) is 9.07. The Labute approximate surface area is 184 Å². The molecule has 0 fully saturated rings. The minimum absolute atomic E-state index is 0.00976. The van der Waals surface area contributed by atoms with E-state index in [1.165, 1.54) is 24.8 Å². The number of benzene rings is 1. The van der Waals surface area contributed by atoms with E-state index >= 15 is 0 Å². The number of nitrogens with zero attached hydrogens (tertiary/aromatic N) is 7. The van der Waals surface area contributed by atoms with Crippen molar-refractivity contribution in [2.24, 2.45) is 0 Å². The Hall–Kier alpha value is -4.37. The number of nitriles is 1. The van der Waals surface area contributed by atoms with Gasteiger partial charge in [-0.3, -0.25) is 4.79 Å². The predicted molar refractivity (Wildman–Crippen MR) is 116 cm³/mol. The van der Waals surface area contributed by atoms with Crippen LogP contribution in [0.15, 0.2) is 35.6 Å². The number of nitrogens with one attached hydrogen (secondary N) is 1. The second-order valence-corrected chi connectivity index (χ2v) is 7.03. The molecule has 3 aromatic heterocycles. The van der Waals surface area contributed by atoms with Gasteiger partial charge in [-0.05, 0) is 19.1 Å². The molecule has 11 nitrogen and oxygen atoms in total. The number of fused-ring (bicyclic) bond motifs is 1. The molecule has 4 aromatic rings. The number of rotatable bonds is 4. The predicted octanol–water partition coefficient (Wildman–Crippen LogP) is 1.97. The second kappa shape index (κ2) is 8.05. The molecular formula is C19H14ClFN10O. The van der Waals surface area contributed by atoms with Crippen LogP contribution in [0.3, 0.4) is 0 Å². The van der Waals surface area contributed by atoms with Crippen molar-refractivity contribution in [2.45, 2.75) is 13.0 Å². The van der Waals surface area contributed by atoms with Crippen LogP contribution >= 0.6 is 11.6 Å². The van der Waals surface area contributed by atoms with Crippen LogP contribution in [0, 0.1) is 17.1 Å². The molecule has 13 heteroatoms. The van der Waals surface area contributed by atoms with Crippen molar-refractivity contribution in [3.63, 3.8) is 0 Å². The highest BCUT2D eigenvalue weighted by Crippen LogP contribution is 2.26. The molecule has 1 atom stereocenters.